The van der Waals surface area contributed by atoms with Crippen molar-refractivity contribution in [2.45, 2.75) is 26.7 Å². The smallest absolute Gasteiger partial charge is 0.252 e. The summed E-state index contributed by atoms with van der Waals surface area (Å²) in [6.45, 7) is 4.97. The summed E-state index contributed by atoms with van der Waals surface area (Å²) >= 11 is 5.65. The second-order valence-electron chi connectivity index (χ2n) is 3.76. The molecule has 0 fully saturated rings. The summed E-state index contributed by atoms with van der Waals surface area (Å²) in [7, 11) is 0. The van der Waals surface area contributed by atoms with Crippen LogP contribution in [0.1, 0.15) is 37.0 Å². The number of aromatic nitrogens is 1. The highest BCUT2D eigenvalue weighted by Crippen LogP contribution is 2.07. The molecule has 0 aliphatic rings. The van der Waals surface area contributed by atoms with Crippen molar-refractivity contribution < 1.29 is 4.79 Å². The van der Waals surface area contributed by atoms with Gasteiger partial charge in [-0.1, -0.05) is 38.3 Å². The minimum atomic E-state index is -0.0870. The number of halogens is 1. The molecule has 4 heteroatoms. The van der Waals surface area contributed by atoms with E-state index in [0.29, 0.717) is 23.2 Å². The van der Waals surface area contributed by atoms with Crippen LogP contribution in [0.3, 0.4) is 0 Å². The molecular formula is C12H17ClN2O. The van der Waals surface area contributed by atoms with Crippen molar-refractivity contribution in [2.75, 3.05) is 6.54 Å². The molecule has 1 heterocycles. The van der Waals surface area contributed by atoms with E-state index >= 15 is 0 Å². The molecule has 0 unspecified atom stereocenters. The van der Waals surface area contributed by atoms with Crippen molar-refractivity contribution in [3.05, 3.63) is 29.0 Å². The molecule has 0 saturated carbocycles. The third-order valence-electron chi connectivity index (χ3n) is 2.70. The van der Waals surface area contributed by atoms with Crippen LogP contribution in [0.2, 0.25) is 5.15 Å². The topological polar surface area (TPSA) is 42.0 Å². The molecule has 1 aromatic heterocycles. The Morgan fingerprint density at radius 1 is 1.44 bits per heavy atom. The van der Waals surface area contributed by atoms with Crippen LogP contribution in [0.4, 0.5) is 0 Å². The van der Waals surface area contributed by atoms with Crippen LogP contribution in [0.25, 0.3) is 0 Å². The van der Waals surface area contributed by atoms with E-state index in [1.54, 1.807) is 12.1 Å². The van der Waals surface area contributed by atoms with Gasteiger partial charge >= 0.3 is 0 Å². The molecule has 0 aliphatic heterocycles. The van der Waals surface area contributed by atoms with Gasteiger partial charge in [0.2, 0.25) is 0 Å². The van der Waals surface area contributed by atoms with E-state index in [-0.39, 0.29) is 5.91 Å². The number of nitrogens with zero attached hydrogens (tertiary/aromatic N) is 1. The van der Waals surface area contributed by atoms with E-state index in [4.69, 9.17) is 11.6 Å². The highest BCUT2D eigenvalue weighted by atomic mass is 35.5. The van der Waals surface area contributed by atoms with Crippen LogP contribution >= 0.6 is 11.6 Å². The maximum absolute atomic E-state index is 11.7. The largest absolute Gasteiger partial charge is 0.352 e. The summed E-state index contributed by atoms with van der Waals surface area (Å²) in [6.07, 6.45) is 3.65. The molecule has 0 saturated heterocycles. The molecule has 0 aliphatic carbocycles. The molecule has 0 spiro atoms. The van der Waals surface area contributed by atoms with Gasteiger partial charge in [-0.3, -0.25) is 4.79 Å². The molecule has 16 heavy (non-hydrogen) atoms. The zero-order valence-corrected chi connectivity index (χ0v) is 10.4. The van der Waals surface area contributed by atoms with Gasteiger partial charge in [-0.15, -0.1) is 0 Å². The average Bonchev–Trinajstić information content (AvgIpc) is 2.31. The first-order chi connectivity index (χ1) is 7.67. The number of hydrogen-bond acceptors (Lipinski definition) is 2. The first kappa shape index (κ1) is 13.0. The van der Waals surface area contributed by atoms with Gasteiger partial charge < -0.3 is 5.32 Å². The second kappa shape index (κ2) is 6.48. The Kier molecular flexibility index (Phi) is 5.26. The van der Waals surface area contributed by atoms with Crippen LogP contribution < -0.4 is 5.32 Å². The van der Waals surface area contributed by atoms with E-state index in [1.165, 1.54) is 6.20 Å². The predicted molar refractivity (Wildman–Crippen MR) is 65.7 cm³/mol. The Morgan fingerprint density at radius 3 is 2.62 bits per heavy atom. The van der Waals surface area contributed by atoms with Crippen molar-refractivity contribution in [1.82, 2.24) is 10.3 Å². The van der Waals surface area contributed by atoms with Crippen LogP contribution in [-0.4, -0.2) is 17.4 Å². The molecule has 0 bridgehead atoms. The maximum Gasteiger partial charge on any atom is 0.252 e. The number of rotatable bonds is 5. The minimum Gasteiger partial charge on any atom is -0.352 e. The van der Waals surface area contributed by atoms with Crippen LogP contribution in [-0.2, 0) is 0 Å². The average molecular weight is 241 g/mol. The van der Waals surface area contributed by atoms with E-state index in [2.05, 4.69) is 24.1 Å². The lowest BCUT2D eigenvalue weighted by molar-refractivity contribution is 0.0946. The highest BCUT2D eigenvalue weighted by molar-refractivity contribution is 6.29. The second-order valence-corrected chi connectivity index (χ2v) is 4.15. The van der Waals surface area contributed by atoms with Crippen LogP contribution in [0.15, 0.2) is 18.3 Å². The lowest BCUT2D eigenvalue weighted by atomic mass is 10.0. The minimum absolute atomic E-state index is 0.0870. The van der Waals surface area contributed by atoms with Gasteiger partial charge in [-0.2, -0.15) is 0 Å². The van der Waals surface area contributed by atoms with Gasteiger partial charge in [-0.25, -0.2) is 4.98 Å². The van der Waals surface area contributed by atoms with E-state index in [0.717, 1.165) is 12.8 Å². The van der Waals surface area contributed by atoms with Gasteiger partial charge in [-0.05, 0) is 18.1 Å². The zero-order valence-electron chi connectivity index (χ0n) is 9.66. The number of carbonyl (C=O) groups is 1. The van der Waals surface area contributed by atoms with Gasteiger partial charge in [0.15, 0.2) is 0 Å². The van der Waals surface area contributed by atoms with Gasteiger partial charge in [0.05, 0.1) is 5.56 Å². The fourth-order valence-electron chi connectivity index (χ4n) is 1.43. The molecule has 0 atom stereocenters. The molecule has 88 valence electrons. The lowest BCUT2D eigenvalue weighted by Gasteiger charge is -2.12. The fourth-order valence-corrected chi connectivity index (χ4v) is 1.54. The summed E-state index contributed by atoms with van der Waals surface area (Å²) in [5.41, 5.74) is 0.551. The van der Waals surface area contributed by atoms with E-state index < -0.39 is 0 Å². The number of carbonyl (C=O) groups excluding carboxylic acids is 1. The SMILES string of the molecule is CCC(CC)CNC(=O)c1ccc(Cl)nc1. The van der Waals surface area contributed by atoms with Crippen molar-refractivity contribution in [3.63, 3.8) is 0 Å². The molecule has 1 N–H and O–H groups in total. The molecule has 0 radical (unpaired) electrons. The van der Waals surface area contributed by atoms with E-state index in [1.807, 2.05) is 0 Å². The van der Waals surface area contributed by atoms with Crippen molar-refractivity contribution in [1.29, 1.82) is 0 Å². The van der Waals surface area contributed by atoms with Gasteiger partial charge in [0.1, 0.15) is 5.15 Å². The Bertz CT molecular complexity index is 333. The fraction of sp³-hybridized carbons (Fsp3) is 0.500. The Hall–Kier alpha value is -1.09. The standard InChI is InChI=1S/C12H17ClN2O/c1-3-9(4-2)7-15-12(16)10-5-6-11(13)14-8-10/h5-6,8-9H,3-4,7H2,1-2H3,(H,15,16). The highest BCUT2D eigenvalue weighted by Gasteiger charge is 2.08. The number of hydrogen-bond donors (Lipinski definition) is 1. The predicted octanol–water partition coefficient (Wildman–Crippen LogP) is 2.90. The number of nitrogens with one attached hydrogen (secondary N) is 1. The van der Waals surface area contributed by atoms with Crippen molar-refractivity contribution in [3.8, 4) is 0 Å². The molecule has 3 nitrogen and oxygen atoms in total. The number of pyridine rings is 1. The quantitative estimate of drug-likeness (QED) is 0.805. The van der Waals surface area contributed by atoms with Gasteiger partial charge in [0, 0.05) is 12.7 Å². The Balaban J connectivity index is 2.49. The van der Waals surface area contributed by atoms with Crippen LogP contribution in [0, 0.1) is 5.92 Å². The summed E-state index contributed by atoms with van der Waals surface area (Å²) in [4.78, 5) is 15.6. The Morgan fingerprint density at radius 2 is 2.12 bits per heavy atom. The van der Waals surface area contributed by atoms with Gasteiger partial charge in [0.25, 0.3) is 5.91 Å². The normalized spacial score (nSPS) is 10.5. The summed E-state index contributed by atoms with van der Waals surface area (Å²) in [6, 6.07) is 3.30. The van der Waals surface area contributed by atoms with Crippen molar-refractivity contribution >= 4 is 17.5 Å². The Labute approximate surface area is 101 Å². The maximum atomic E-state index is 11.7. The molecule has 1 amide bonds. The summed E-state index contributed by atoms with van der Waals surface area (Å²) in [5, 5.41) is 3.30. The third-order valence-corrected chi connectivity index (χ3v) is 2.92. The zero-order chi connectivity index (χ0) is 12.0. The molecule has 1 aromatic rings. The molecule has 1 rings (SSSR count). The first-order valence-corrected chi connectivity index (χ1v) is 5.94. The monoisotopic (exact) mass is 240 g/mol. The summed E-state index contributed by atoms with van der Waals surface area (Å²) < 4.78 is 0. The van der Waals surface area contributed by atoms with Crippen molar-refractivity contribution in [2.24, 2.45) is 5.92 Å². The third kappa shape index (κ3) is 3.81. The lowest BCUT2D eigenvalue weighted by Crippen LogP contribution is -2.28. The molecule has 0 aromatic carbocycles. The van der Waals surface area contributed by atoms with E-state index in [9.17, 15) is 4.79 Å². The molecular weight excluding hydrogens is 224 g/mol. The van der Waals surface area contributed by atoms with Crippen LogP contribution in [0.5, 0.6) is 0 Å². The first-order valence-electron chi connectivity index (χ1n) is 5.57. The number of amides is 1. The summed E-state index contributed by atoms with van der Waals surface area (Å²) in [5.74, 6) is 0.459.